The summed E-state index contributed by atoms with van der Waals surface area (Å²) in [5.41, 5.74) is 2.68. The molecule has 1 aromatic heterocycles. The molecule has 1 heterocycles. The molecule has 21 heavy (non-hydrogen) atoms. The van der Waals surface area contributed by atoms with Crippen molar-refractivity contribution in [1.29, 1.82) is 5.26 Å². The summed E-state index contributed by atoms with van der Waals surface area (Å²) in [4.78, 5) is 4.07. The van der Waals surface area contributed by atoms with Crippen molar-refractivity contribution in [3.8, 4) is 6.07 Å². The lowest BCUT2D eigenvalue weighted by molar-refractivity contribution is 0.693. The lowest BCUT2D eigenvalue weighted by atomic mass is 10.0. The summed E-state index contributed by atoms with van der Waals surface area (Å²) in [6.45, 7) is 1.40. The largest absolute Gasteiger partial charge is 0.308 e. The van der Waals surface area contributed by atoms with Gasteiger partial charge in [0.05, 0.1) is 0 Å². The highest BCUT2D eigenvalue weighted by molar-refractivity contribution is 5.85. The molecule has 0 unspecified atom stereocenters. The summed E-state index contributed by atoms with van der Waals surface area (Å²) in [5.74, 6) is 0. The average Bonchev–Trinajstić information content (AvgIpc) is 2.55. The second kappa shape index (κ2) is 6.17. The number of hydrogen-bond donors (Lipinski definition) is 1. The highest BCUT2D eigenvalue weighted by Gasteiger charge is 2.03. The lowest BCUT2D eigenvalue weighted by Crippen LogP contribution is -2.14. The van der Waals surface area contributed by atoms with E-state index >= 15 is 0 Å². The number of pyridine rings is 1. The third kappa shape index (κ3) is 2.91. The molecule has 3 nitrogen and oxygen atoms in total. The molecule has 0 aliphatic carbocycles. The van der Waals surface area contributed by atoms with Crippen LogP contribution in [0.15, 0.2) is 60.8 Å². The first-order valence-corrected chi connectivity index (χ1v) is 6.90. The summed E-state index contributed by atoms with van der Waals surface area (Å²) in [7, 11) is 0. The highest BCUT2D eigenvalue weighted by Crippen LogP contribution is 2.18. The van der Waals surface area contributed by atoms with Gasteiger partial charge in [0, 0.05) is 24.8 Å². The van der Waals surface area contributed by atoms with E-state index in [1.54, 1.807) is 6.20 Å². The third-order valence-electron chi connectivity index (χ3n) is 3.51. The normalized spacial score (nSPS) is 10.4. The molecule has 1 N–H and O–H groups in total. The first-order chi connectivity index (χ1) is 10.4. The minimum absolute atomic E-state index is 0.489. The molecule has 3 rings (SSSR count). The molecule has 0 radical (unpaired) electrons. The standard InChI is InChI=1S/C18H15N3/c19-11-18-16(8-4-10-21-18)13-20-12-15-7-3-6-14-5-1-2-9-17(14)15/h1-10,20H,12-13H2. The number of nitrogens with one attached hydrogen (secondary N) is 1. The molecule has 0 aliphatic rings. The Hall–Kier alpha value is -2.70. The second-order valence-electron chi connectivity index (χ2n) is 4.86. The Morgan fingerprint density at radius 2 is 1.67 bits per heavy atom. The number of aromatic nitrogens is 1. The van der Waals surface area contributed by atoms with Gasteiger partial charge in [0.1, 0.15) is 11.8 Å². The average molecular weight is 273 g/mol. The maximum Gasteiger partial charge on any atom is 0.144 e. The van der Waals surface area contributed by atoms with E-state index in [1.165, 1.54) is 16.3 Å². The number of nitrogens with zero attached hydrogens (tertiary/aromatic N) is 2. The van der Waals surface area contributed by atoms with Crippen molar-refractivity contribution in [2.45, 2.75) is 13.1 Å². The maximum atomic E-state index is 9.04. The number of nitriles is 1. The molecule has 0 atom stereocenters. The van der Waals surface area contributed by atoms with Gasteiger partial charge in [-0.2, -0.15) is 5.26 Å². The number of rotatable bonds is 4. The maximum absolute atomic E-state index is 9.04. The van der Waals surface area contributed by atoms with Crippen LogP contribution in [0.5, 0.6) is 0 Å². The van der Waals surface area contributed by atoms with Gasteiger partial charge in [0.2, 0.25) is 0 Å². The topological polar surface area (TPSA) is 48.7 Å². The number of hydrogen-bond acceptors (Lipinski definition) is 3. The molecular formula is C18H15N3. The van der Waals surface area contributed by atoms with Gasteiger partial charge in [-0.3, -0.25) is 0 Å². The zero-order chi connectivity index (χ0) is 14.5. The van der Waals surface area contributed by atoms with Crippen molar-refractivity contribution in [2.24, 2.45) is 0 Å². The van der Waals surface area contributed by atoms with Crippen LogP contribution in [0.2, 0.25) is 0 Å². The molecule has 0 spiro atoms. The first kappa shape index (κ1) is 13.3. The molecule has 0 fully saturated rings. The smallest absolute Gasteiger partial charge is 0.144 e. The van der Waals surface area contributed by atoms with E-state index in [0.29, 0.717) is 12.2 Å². The zero-order valence-electron chi connectivity index (χ0n) is 11.6. The minimum atomic E-state index is 0.489. The Balaban J connectivity index is 1.74. The predicted octanol–water partition coefficient (Wildman–Crippen LogP) is 3.40. The quantitative estimate of drug-likeness (QED) is 0.792. The van der Waals surface area contributed by atoms with Gasteiger partial charge in [0.15, 0.2) is 0 Å². The minimum Gasteiger partial charge on any atom is -0.308 e. The van der Waals surface area contributed by atoms with Crippen LogP contribution in [0.4, 0.5) is 0 Å². The molecule has 0 amide bonds. The second-order valence-corrected chi connectivity index (χ2v) is 4.86. The van der Waals surface area contributed by atoms with E-state index in [1.807, 2.05) is 18.2 Å². The van der Waals surface area contributed by atoms with Crippen molar-refractivity contribution in [3.05, 3.63) is 77.6 Å². The van der Waals surface area contributed by atoms with E-state index in [2.05, 4.69) is 52.8 Å². The third-order valence-corrected chi connectivity index (χ3v) is 3.51. The van der Waals surface area contributed by atoms with Crippen molar-refractivity contribution in [2.75, 3.05) is 0 Å². The molecule has 0 bridgehead atoms. The fraction of sp³-hybridized carbons (Fsp3) is 0.111. The van der Waals surface area contributed by atoms with Crippen molar-refractivity contribution in [3.63, 3.8) is 0 Å². The van der Waals surface area contributed by atoms with Gasteiger partial charge >= 0.3 is 0 Å². The Bertz CT molecular complexity index is 797. The van der Waals surface area contributed by atoms with Gasteiger partial charge in [-0.05, 0) is 22.4 Å². The Labute approximate surface area is 123 Å². The van der Waals surface area contributed by atoms with Gasteiger partial charge in [-0.25, -0.2) is 4.98 Å². The first-order valence-electron chi connectivity index (χ1n) is 6.90. The van der Waals surface area contributed by atoms with Crippen LogP contribution < -0.4 is 5.32 Å². The van der Waals surface area contributed by atoms with Crippen LogP contribution >= 0.6 is 0 Å². The lowest BCUT2D eigenvalue weighted by Gasteiger charge is -2.09. The van der Waals surface area contributed by atoms with E-state index in [9.17, 15) is 0 Å². The van der Waals surface area contributed by atoms with Gasteiger partial charge < -0.3 is 5.32 Å². The predicted molar refractivity (Wildman–Crippen MR) is 83.4 cm³/mol. The summed E-state index contributed by atoms with van der Waals surface area (Å²) in [5, 5.41) is 14.9. The van der Waals surface area contributed by atoms with Crippen LogP contribution in [-0.2, 0) is 13.1 Å². The Morgan fingerprint density at radius 3 is 2.57 bits per heavy atom. The van der Waals surface area contributed by atoms with Crippen LogP contribution in [0.1, 0.15) is 16.8 Å². The monoisotopic (exact) mass is 273 g/mol. The van der Waals surface area contributed by atoms with Crippen molar-refractivity contribution < 1.29 is 0 Å². The number of fused-ring (bicyclic) bond motifs is 1. The Morgan fingerprint density at radius 1 is 0.905 bits per heavy atom. The molecular weight excluding hydrogens is 258 g/mol. The van der Waals surface area contributed by atoms with Crippen LogP contribution in [0, 0.1) is 11.3 Å². The summed E-state index contributed by atoms with van der Waals surface area (Å²) < 4.78 is 0. The molecule has 3 aromatic rings. The highest BCUT2D eigenvalue weighted by atomic mass is 14.9. The van der Waals surface area contributed by atoms with Crippen molar-refractivity contribution >= 4 is 10.8 Å². The fourth-order valence-electron chi connectivity index (χ4n) is 2.46. The molecule has 3 heteroatoms. The number of benzene rings is 2. The van der Waals surface area contributed by atoms with E-state index in [4.69, 9.17) is 5.26 Å². The van der Waals surface area contributed by atoms with E-state index in [-0.39, 0.29) is 0 Å². The van der Waals surface area contributed by atoms with E-state index < -0.39 is 0 Å². The Kier molecular flexibility index (Phi) is 3.90. The molecule has 0 saturated heterocycles. The molecule has 102 valence electrons. The van der Waals surface area contributed by atoms with Crippen LogP contribution in [-0.4, -0.2) is 4.98 Å². The molecule has 0 aliphatic heterocycles. The van der Waals surface area contributed by atoms with Gasteiger partial charge in [0.25, 0.3) is 0 Å². The van der Waals surface area contributed by atoms with Crippen LogP contribution in [0.3, 0.4) is 0 Å². The van der Waals surface area contributed by atoms with Crippen molar-refractivity contribution in [1.82, 2.24) is 10.3 Å². The zero-order valence-corrected chi connectivity index (χ0v) is 11.6. The van der Waals surface area contributed by atoms with Gasteiger partial charge in [-0.1, -0.05) is 48.5 Å². The molecule has 0 saturated carbocycles. The summed E-state index contributed by atoms with van der Waals surface area (Å²) in [6.07, 6.45) is 1.65. The SMILES string of the molecule is N#Cc1ncccc1CNCc1cccc2ccccc12. The van der Waals surface area contributed by atoms with E-state index in [0.717, 1.165) is 12.1 Å². The summed E-state index contributed by atoms with van der Waals surface area (Å²) in [6, 6.07) is 20.6. The van der Waals surface area contributed by atoms with Gasteiger partial charge in [-0.15, -0.1) is 0 Å². The van der Waals surface area contributed by atoms with Crippen LogP contribution in [0.25, 0.3) is 10.8 Å². The fourth-order valence-corrected chi connectivity index (χ4v) is 2.46. The molecule has 2 aromatic carbocycles. The summed E-state index contributed by atoms with van der Waals surface area (Å²) >= 11 is 0.